The third kappa shape index (κ3) is 3.07. The van der Waals surface area contributed by atoms with Gasteiger partial charge in [-0.1, -0.05) is 13.8 Å². The lowest BCUT2D eigenvalue weighted by atomic mass is 10.1. The first kappa shape index (κ1) is 13.2. The molecular weight excluding hydrogens is 228 g/mol. The molecule has 0 aliphatic carbocycles. The number of aliphatic hydroxyl groups excluding tert-OH is 1. The van der Waals surface area contributed by atoms with Crippen molar-refractivity contribution in [2.45, 2.75) is 24.8 Å². The fourth-order valence-electron chi connectivity index (χ4n) is 1.29. The van der Waals surface area contributed by atoms with Crippen LogP contribution in [0.5, 0.6) is 0 Å². The van der Waals surface area contributed by atoms with E-state index in [1.807, 2.05) is 13.8 Å². The van der Waals surface area contributed by atoms with Gasteiger partial charge >= 0.3 is 0 Å². The lowest BCUT2D eigenvalue weighted by Crippen LogP contribution is -2.40. The van der Waals surface area contributed by atoms with Crippen molar-refractivity contribution in [1.29, 1.82) is 0 Å². The van der Waals surface area contributed by atoms with Crippen LogP contribution in [0.15, 0.2) is 23.4 Å². The van der Waals surface area contributed by atoms with Gasteiger partial charge in [0.2, 0.25) is 10.0 Å². The maximum Gasteiger partial charge on any atom is 0.242 e. The van der Waals surface area contributed by atoms with Crippen LogP contribution in [0.1, 0.15) is 13.8 Å². The SMILES string of the molecule is CC(C)C(CO)NS(=O)(=O)c1ccn(C)c1. The number of nitrogens with one attached hydrogen (secondary N) is 1. The van der Waals surface area contributed by atoms with E-state index in [2.05, 4.69) is 4.72 Å². The third-order valence-corrected chi connectivity index (χ3v) is 3.90. The van der Waals surface area contributed by atoms with Gasteiger partial charge in [0.05, 0.1) is 11.5 Å². The Balaban J connectivity index is 2.87. The number of hydrogen-bond donors (Lipinski definition) is 2. The summed E-state index contributed by atoms with van der Waals surface area (Å²) in [6.07, 6.45) is 3.19. The predicted molar refractivity (Wildman–Crippen MR) is 61.4 cm³/mol. The summed E-state index contributed by atoms with van der Waals surface area (Å²) in [4.78, 5) is 0.217. The molecule has 5 nitrogen and oxygen atoms in total. The van der Waals surface area contributed by atoms with Crippen LogP contribution in [-0.4, -0.2) is 30.7 Å². The highest BCUT2D eigenvalue weighted by Crippen LogP contribution is 2.11. The molecule has 1 atom stereocenters. The van der Waals surface area contributed by atoms with Crippen molar-refractivity contribution >= 4 is 10.0 Å². The summed E-state index contributed by atoms with van der Waals surface area (Å²) in [6, 6.07) is 1.07. The number of aryl methyl sites for hydroxylation is 1. The quantitative estimate of drug-likeness (QED) is 0.786. The zero-order valence-electron chi connectivity index (χ0n) is 9.71. The van der Waals surface area contributed by atoms with Gasteiger partial charge in [0.1, 0.15) is 0 Å². The fourth-order valence-corrected chi connectivity index (χ4v) is 2.71. The van der Waals surface area contributed by atoms with Crippen LogP contribution in [0.4, 0.5) is 0 Å². The molecule has 1 unspecified atom stereocenters. The number of aliphatic hydroxyl groups is 1. The van der Waals surface area contributed by atoms with Gasteiger partial charge in [0, 0.05) is 25.5 Å². The average molecular weight is 246 g/mol. The second-order valence-electron chi connectivity index (χ2n) is 4.17. The van der Waals surface area contributed by atoms with Crippen LogP contribution in [0.2, 0.25) is 0 Å². The van der Waals surface area contributed by atoms with E-state index in [1.165, 1.54) is 12.3 Å². The van der Waals surface area contributed by atoms with E-state index in [9.17, 15) is 8.42 Å². The molecule has 0 amide bonds. The molecule has 0 fully saturated rings. The molecule has 16 heavy (non-hydrogen) atoms. The molecular formula is C10H18N2O3S. The molecule has 92 valence electrons. The summed E-state index contributed by atoms with van der Waals surface area (Å²) in [6.45, 7) is 3.51. The predicted octanol–water partition coefficient (Wildman–Crippen LogP) is 0.320. The smallest absolute Gasteiger partial charge is 0.242 e. The maximum absolute atomic E-state index is 11.9. The second kappa shape index (κ2) is 4.99. The van der Waals surface area contributed by atoms with Crippen LogP contribution in [-0.2, 0) is 17.1 Å². The van der Waals surface area contributed by atoms with E-state index in [1.54, 1.807) is 17.8 Å². The van der Waals surface area contributed by atoms with Crippen LogP contribution in [0.3, 0.4) is 0 Å². The Kier molecular flexibility index (Phi) is 4.12. The minimum atomic E-state index is -3.53. The highest BCUT2D eigenvalue weighted by atomic mass is 32.2. The van der Waals surface area contributed by atoms with Gasteiger partial charge in [-0.25, -0.2) is 13.1 Å². The van der Waals surface area contributed by atoms with Gasteiger partial charge in [0.15, 0.2) is 0 Å². The summed E-state index contributed by atoms with van der Waals surface area (Å²) < 4.78 is 27.9. The van der Waals surface area contributed by atoms with Gasteiger partial charge in [-0.05, 0) is 12.0 Å². The number of rotatable bonds is 5. The lowest BCUT2D eigenvalue weighted by Gasteiger charge is -2.19. The van der Waals surface area contributed by atoms with Crippen molar-refractivity contribution < 1.29 is 13.5 Å². The minimum absolute atomic E-state index is 0.0449. The molecule has 0 saturated heterocycles. The molecule has 0 aliphatic heterocycles. The van der Waals surface area contributed by atoms with Gasteiger partial charge in [-0.15, -0.1) is 0 Å². The Morgan fingerprint density at radius 2 is 2.12 bits per heavy atom. The number of aromatic nitrogens is 1. The standard InChI is InChI=1S/C10H18N2O3S/c1-8(2)10(7-13)11-16(14,15)9-4-5-12(3)6-9/h4-6,8,10-11,13H,7H2,1-3H3. The highest BCUT2D eigenvalue weighted by Gasteiger charge is 2.22. The van der Waals surface area contributed by atoms with Gasteiger partial charge in [-0.3, -0.25) is 0 Å². The van der Waals surface area contributed by atoms with Crippen LogP contribution < -0.4 is 4.72 Å². The molecule has 0 saturated carbocycles. The Hall–Kier alpha value is -0.850. The zero-order valence-corrected chi connectivity index (χ0v) is 10.5. The van der Waals surface area contributed by atoms with Gasteiger partial charge in [0.25, 0.3) is 0 Å². The molecule has 0 bridgehead atoms. The van der Waals surface area contributed by atoms with Crippen molar-refractivity contribution in [3.63, 3.8) is 0 Å². The Morgan fingerprint density at radius 1 is 1.50 bits per heavy atom. The number of nitrogens with zero attached hydrogens (tertiary/aromatic N) is 1. The molecule has 1 rings (SSSR count). The average Bonchev–Trinajstić information content (AvgIpc) is 2.61. The topological polar surface area (TPSA) is 71.3 Å². The van der Waals surface area contributed by atoms with Crippen molar-refractivity contribution in [1.82, 2.24) is 9.29 Å². The van der Waals surface area contributed by atoms with Gasteiger partial charge < -0.3 is 9.67 Å². The maximum atomic E-state index is 11.9. The molecule has 1 aromatic rings. The largest absolute Gasteiger partial charge is 0.395 e. The first-order valence-electron chi connectivity index (χ1n) is 5.12. The van der Waals surface area contributed by atoms with E-state index in [0.29, 0.717) is 0 Å². The zero-order chi connectivity index (χ0) is 12.3. The lowest BCUT2D eigenvalue weighted by molar-refractivity contribution is 0.227. The van der Waals surface area contributed by atoms with Crippen molar-refractivity contribution in [3.05, 3.63) is 18.5 Å². The first-order chi connectivity index (χ1) is 7.36. The number of sulfonamides is 1. The highest BCUT2D eigenvalue weighted by molar-refractivity contribution is 7.89. The summed E-state index contributed by atoms with van der Waals surface area (Å²) in [5.74, 6) is 0.0449. The number of hydrogen-bond acceptors (Lipinski definition) is 3. The van der Waals surface area contributed by atoms with Crippen molar-refractivity contribution in [2.24, 2.45) is 13.0 Å². The molecule has 0 radical (unpaired) electrons. The minimum Gasteiger partial charge on any atom is -0.395 e. The van der Waals surface area contributed by atoms with Crippen LogP contribution in [0, 0.1) is 5.92 Å². The summed E-state index contributed by atoms with van der Waals surface area (Å²) in [5.41, 5.74) is 0. The summed E-state index contributed by atoms with van der Waals surface area (Å²) in [7, 11) is -1.77. The Labute approximate surface area is 96.1 Å². The molecule has 6 heteroatoms. The molecule has 0 spiro atoms. The van der Waals surface area contributed by atoms with E-state index < -0.39 is 16.1 Å². The van der Waals surface area contributed by atoms with E-state index >= 15 is 0 Å². The van der Waals surface area contributed by atoms with E-state index in [4.69, 9.17) is 5.11 Å². The Bertz CT molecular complexity index is 437. The first-order valence-corrected chi connectivity index (χ1v) is 6.60. The summed E-state index contributed by atoms with van der Waals surface area (Å²) >= 11 is 0. The van der Waals surface area contributed by atoms with E-state index in [-0.39, 0.29) is 17.4 Å². The van der Waals surface area contributed by atoms with Crippen molar-refractivity contribution in [3.8, 4) is 0 Å². The fraction of sp³-hybridized carbons (Fsp3) is 0.600. The van der Waals surface area contributed by atoms with E-state index in [0.717, 1.165) is 0 Å². The molecule has 0 aromatic carbocycles. The molecule has 0 aliphatic rings. The molecule has 2 N–H and O–H groups in total. The van der Waals surface area contributed by atoms with Gasteiger partial charge in [-0.2, -0.15) is 0 Å². The normalized spacial score (nSPS) is 14.3. The molecule has 1 aromatic heterocycles. The summed E-state index contributed by atoms with van der Waals surface area (Å²) in [5, 5.41) is 9.08. The second-order valence-corrected chi connectivity index (χ2v) is 5.88. The molecule has 1 heterocycles. The van der Waals surface area contributed by atoms with Crippen molar-refractivity contribution in [2.75, 3.05) is 6.61 Å². The van der Waals surface area contributed by atoms with Crippen LogP contribution in [0.25, 0.3) is 0 Å². The third-order valence-electron chi connectivity index (χ3n) is 2.42. The monoisotopic (exact) mass is 246 g/mol. The Morgan fingerprint density at radius 3 is 2.50 bits per heavy atom. The van der Waals surface area contributed by atoms with Crippen LogP contribution >= 0.6 is 0 Å².